The van der Waals surface area contributed by atoms with Crippen molar-refractivity contribution in [1.29, 1.82) is 0 Å². The van der Waals surface area contributed by atoms with Gasteiger partial charge in [-0.25, -0.2) is 0 Å². The molecule has 2 aliphatic rings. The van der Waals surface area contributed by atoms with E-state index in [1.807, 2.05) is 0 Å². The standard InChI is InChI=1S/C22H19N/c1-2-8-15(9-3-1)22-19-14-16-10-4-5-11-17(16)21(19)18-12-6-7-13-20(18)23-22/h1-13,19,21-23H,14H2/t19-,21-,22+/m1/s1. The van der Waals surface area contributed by atoms with Crippen molar-refractivity contribution in [2.24, 2.45) is 5.92 Å². The zero-order valence-corrected chi connectivity index (χ0v) is 12.9. The van der Waals surface area contributed by atoms with Gasteiger partial charge in [0.2, 0.25) is 0 Å². The van der Waals surface area contributed by atoms with Gasteiger partial charge >= 0.3 is 0 Å². The first kappa shape index (κ1) is 13.0. The third kappa shape index (κ3) is 1.93. The highest BCUT2D eigenvalue weighted by molar-refractivity contribution is 5.62. The summed E-state index contributed by atoms with van der Waals surface area (Å²) in [5.41, 5.74) is 7.17. The lowest BCUT2D eigenvalue weighted by atomic mass is 9.76. The van der Waals surface area contributed by atoms with Crippen LogP contribution in [0, 0.1) is 5.92 Å². The minimum absolute atomic E-state index is 0.378. The highest BCUT2D eigenvalue weighted by Gasteiger charge is 2.42. The second-order valence-corrected chi connectivity index (χ2v) is 6.66. The van der Waals surface area contributed by atoms with Gasteiger partial charge in [-0.3, -0.25) is 0 Å². The van der Waals surface area contributed by atoms with Gasteiger partial charge in [0.25, 0.3) is 0 Å². The largest absolute Gasteiger partial charge is 0.378 e. The Bertz CT molecular complexity index is 853. The van der Waals surface area contributed by atoms with Gasteiger partial charge in [-0.05, 0) is 40.7 Å². The monoisotopic (exact) mass is 297 g/mol. The number of nitrogens with one attached hydrogen (secondary N) is 1. The molecule has 5 rings (SSSR count). The van der Waals surface area contributed by atoms with Crippen LogP contribution in [-0.2, 0) is 6.42 Å². The maximum Gasteiger partial charge on any atom is 0.0554 e. The Morgan fingerprint density at radius 3 is 2.26 bits per heavy atom. The van der Waals surface area contributed by atoms with Crippen LogP contribution in [0.3, 0.4) is 0 Å². The van der Waals surface area contributed by atoms with Crippen LogP contribution in [0.4, 0.5) is 5.69 Å². The average Bonchev–Trinajstić information content (AvgIpc) is 3.01. The van der Waals surface area contributed by atoms with Crippen molar-refractivity contribution < 1.29 is 0 Å². The molecule has 0 spiro atoms. The Kier molecular flexibility index (Phi) is 2.81. The summed E-state index contributed by atoms with van der Waals surface area (Å²) in [5, 5.41) is 3.82. The zero-order valence-electron chi connectivity index (χ0n) is 12.9. The van der Waals surface area contributed by atoms with Gasteiger partial charge in [0, 0.05) is 11.6 Å². The lowest BCUT2D eigenvalue weighted by Crippen LogP contribution is -2.30. The van der Waals surface area contributed by atoms with Crippen molar-refractivity contribution in [3.05, 3.63) is 101 Å². The van der Waals surface area contributed by atoms with E-state index in [-0.39, 0.29) is 0 Å². The molecule has 3 atom stereocenters. The molecule has 0 unspecified atom stereocenters. The molecule has 1 aliphatic carbocycles. The Hall–Kier alpha value is -2.54. The maximum absolute atomic E-state index is 3.82. The zero-order chi connectivity index (χ0) is 15.2. The molecule has 0 aromatic heterocycles. The molecule has 1 nitrogen and oxygen atoms in total. The molecule has 0 saturated carbocycles. The second kappa shape index (κ2) is 4.99. The quantitative estimate of drug-likeness (QED) is 0.654. The molecule has 3 aromatic rings. The number of rotatable bonds is 1. The molecule has 1 N–H and O–H groups in total. The molecule has 0 amide bonds. The van der Waals surface area contributed by atoms with E-state index in [4.69, 9.17) is 0 Å². The van der Waals surface area contributed by atoms with Gasteiger partial charge in [-0.1, -0.05) is 72.8 Å². The SMILES string of the molecule is c1ccc([C@@H]2Nc3ccccc3[C@H]3c4ccccc4C[C@H]32)cc1. The van der Waals surface area contributed by atoms with Crippen molar-refractivity contribution >= 4 is 5.69 Å². The number of hydrogen-bond donors (Lipinski definition) is 1. The Labute approximate surface area is 137 Å². The van der Waals surface area contributed by atoms with Crippen molar-refractivity contribution in [1.82, 2.24) is 0 Å². The van der Waals surface area contributed by atoms with E-state index < -0.39 is 0 Å². The van der Waals surface area contributed by atoms with Crippen LogP contribution < -0.4 is 5.32 Å². The Balaban J connectivity index is 1.70. The van der Waals surface area contributed by atoms with Gasteiger partial charge in [-0.2, -0.15) is 0 Å². The Morgan fingerprint density at radius 2 is 1.39 bits per heavy atom. The van der Waals surface area contributed by atoms with Gasteiger partial charge in [-0.15, -0.1) is 0 Å². The summed E-state index contributed by atoms with van der Waals surface area (Å²) in [4.78, 5) is 0. The van der Waals surface area contributed by atoms with Gasteiger partial charge in [0.05, 0.1) is 6.04 Å². The van der Waals surface area contributed by atoms with E-state index in [1.165, 1.54) is 27.9 Å². The van der Waals surface area contributed by atoms with E-state index in [0.29, 0.717) is 17.9 Å². The molecule has 0 radical (unpaired) electrons. The lowest BCUT2D eigenvalue weighted by molar-refractivity contribution is 0.421. The van der Waals surface area contributed by atoms with E-state index in [2.05, 4.69) is 84.2 Å². The molecular weight excluding hydrogens is 278 g/mol. The van der Waals surface area contributed by atoms with Crippen LogP contribution in [0.15, 0.2) is 78.9 Å². The number of fused-ring (bicyclic) bond motifs is 5. The molecule has 0 bridgehead atoms. The number of hydrogen-bond acceptors (Lipinski definition) is 1. The lowest BCUT2D eigenvalue weighted by Gasteiger charge is -2.38. The van der Waals surface area contributed by atoms with E-state index in [1.54, 1.807) is 0 Å². The topological polar surface area (TPSA) is 12.0 Å². The predicted molar refractivity (Wildman–Crippen MR) is 94.7 cm³/mol. The number of para-hydroxylation sites is 1. The molecular formula is C22H19N. The van der Waals surface area contributed by atoms with Crippen LogP contribution >= 0.6 is 0 Å². The number of benzene rings is 3. The number of anilines is 1. The minimum atomic E-state index is 0.378. The minimum Gasteiger partial charge on any atom is -0.378 e. The van der Waals surface area contributed by atoms with Crippen LogP contribution in [-0.4, -0.2) is 0 Å². The summed E-state index contributed by atoms with van der Waals surface area (Å²) in [5.74, 6) is 1.10. The van der Waals surface area contributed by atoms with Crippen LogP contribution in [0.5, 0.6) is 0 Å². The third-order valence-corrected chi connectivity index (χ3v) is 5.47. The maximum atomic E-state index is 3.82. The van der Waals surface area contributed by atoms with Crippen molar-refractivity contribution in [2.45, 2.75) is 18.4 Å². The summed E-state index contributed by atoms with van der Waals surface area (Å²) < 4.78 is 0. The molecule has 1 aliphatic heterocycles. The Morgan fingerprint density at radius 1 is 0.696 bits per heavy atom. The fourth-order valence-corrected chi connectivity index (χ4v) is 4.50. The van der Waals surface area contributed by atoms with Crippen LogP contribution in [0.2, 0.25) is 0 Å². The van der Waals surface area contributed by atoms with E-state index in [9.17, 15) is 0 Å². The fourth-order valence-electron chi connectivity index (χ4n) is 4.50. The van der Waals surface area contributed by atoms with E-state index >= 15 is 0 Å². The van der Waals surface area contributed by atoms with E-state index in [0.717, 1.165) is 6.42 Å². The highest BCUT2D eigenvalue weighted by Crippen LogP contribution is 2.53. The molecule has 1 heterocycles. The summed E-state index contributed by atoms with van der Waals surface area (Å²) in [7, 11) is 0. The smallest absolute Gasteiger partial charge is 0.0554 e. The predicted octanol–water partition coefficient (Wildman–Crippen LogP) is 5.16. The molecule has 1 heteroatoms. The molecule has 23 heavy (non-hydrogen) atoms. The molecule has 0 saturated heterocycles. The third-order valence-electron chi connectivity index (χ3n) is 5.47. The summed E-state index contributed by atoms with van der Waals surface area (Å²) in [6, 6.07) is 29.1. The van der Waals surface area contributed by atoms with Crippen molar-refractivity contribution in [3.63, 3.8) is 0 Å². The van der Waals surface area contributed by atoms with Crippen molar-refractivity contribution in [3.8, 4) is 0 Å². The molecule has 112 valence electrons. The van der Waals surface area contributed by atoms with Gasteiger partial charge < -0.3 is 5.32 Å². The van der Waals surface area contributed by atoms with Gasteiger partial charge in [0.1, 0.15) is 0 Å². The van der Waals surface area contributed by atoms with Crippen LogP contribution in [0.25, 0.3) is 0 Å². The summed E-state index contributed by atoms with van der Waals surface area (Å²) in [6.07, 6.45) is 1.15. The molecule has 0 fully saturated rings. The fraction of sp³-hybridized carbons (Fsp3) is 0.182. The summed E-state index contributed by atoms with van der Waals surface area (Å²) >= 11 is 0. The first-order chi connectivity index (χ1) is 11.4. The highest BCUT2D eigenvalue weighted by atomic mass is 15.0. The normalized spacial score (nSPS) is 24.3. The van der Waals surface area contributed by atoms with Gasteiger partial charge in [0.15, 0.2) is 0 Å². The first-order valence-electron chi connectivity index (χ1n) is 8.40. The van der Waals surface area contributed by atoms with Crippen molar-refractivity contribution in [2.75, 3.05) is 5.32 Å². The molecule has 3 aromatic carbocycles. The average molecular weight is 297 g/mol. The summed E-state index contributed by atoms with van der Waals surface area (Å²) in [6.45, 7) is 0. The first-order valence-corrected chi connectivity index (χ1v) is 8.40. The second-order valence-electron chi connectivity index (χ2n) is 6.66. The van der Waals surface area contributed by atoms with Crippen LogP contribution in [0.1, 0.15) is 34.2 Å².